The Morgan fingerprint density at radius 2 is 2.00 bits per heavy atom. The van der Waals surface area contributed by atoms with Crippen molar-refractivity contribution in [1.82, 2.24) is 29.8 Å². The number of ether oxygens (including phenoxy) is 1. The van der Waals surface area contributed by atoms with Crippen LogP contribution < -0.4 is 10.6 Å². The first-order valence-electron chi connectivity index (χ1n) is 13.2. The lowest BCUT2D eigenvalue weighted by molar-refractivity contribution is 0.0850. The van der Waals surface area contributed by atoms with Crippen molar-refractivity contribution in [3.8, 4) is 11.1 Å². The minimum atomic E-state index is -0.107. The molecule has 0 atom stereocenters. The van der Waals surface area contributed by atoms with Crippen molar-refractivity contribution in [3.63, 3.8) is 0 Å². The molecule has 6 heterocycles. The molecule has 0 spiro atoms. The predicted molar refractivity (Wildman–Crippen MR) is 147 cm³/mol. The van der Waals surface area contributed by atoms with Crippen LogP contribution in [0.3, 0.4) is 0 Å². The Hall–Kier alpha value is -4.28. The van der Waals surface area contributed by atoms with Gasteiger partial charge in [-0.3, -0.25) is 4.79 Å². The van der Waals surface area contributed by atoms with Gasteiger partial charge in [0, 0.05) is 50.3 Å². The molecule has 39 heavy (non-hydrogen) atoms. The summed E-state index contributed by atoms with van der Waals surface area (Å²) >= 11 is 0. The van der Waals surface area contributed by atoms with E-state index in [1.54, 1.807) is 4.52 Å². The van der Waals surface area contributed by atoms with Crippen LogP contribution >= 0.6 is 0 Å². The number of aromatic nitrogens is 4. The van der Waals surface area contributed by atoms with Crippen molar-refractivity contribution < 1.29 is 13.9 Å². The average Bonchev–Trinajstić information content (AvgIpc) is 3.68. The van der Waals surface area contributed by atoms with Crippen molar-refractivity contribution in [1.29, 1.82) is 0 Å². The van der Waals surface area contributed by atoms with E-state index < -0.39 is 0 Å². The molecule has 1 amide bonds. The van der Waals surface area contributed by atoms with Gasteiger partial charge in [-0.1, -0.05) is 6.07 Å². The van der Waals surface area contributed by atoms with E-state index in [1.807, 2.05) is 36.8 Å². The topological polar surface area (TPSA) is 110 Å². The first-order chi connectivity index (χ1) is 19.1. The maximum atomic E-state index is 13.1. The number of rotatable bonds is 6. The molecule has 0 aliphatic carbocycles. The second kappa shape index (κ2) is 9.48. The van der Waals surface area contributed by atoms with Gasteiger partial charge in [0.25, 0.3) is 5.91 Å². The van der Waals surface area contributed by atoms with Gasteiger partial charge in [-0.15, -0.1) is 0 Å². The molecule has 2 N–H and O–H groups in total. The number of pyridine rings is 2. The Morgan fingerprint density at radius 1 is 1.13 bits per heavy atom. The van der Waals surface area contributed by atoms with E-state index >= 15 is 0 Å². The summed E-state index contributed by atoms with van der Waals surface area (Å²) in [6.45, 7) is 2.82. The van der Waals surface area contributed by atoms with Gasteiger partial charge in [0.2, 0.25) is 0 Å². The van der Waals surface area contributed by atoms with Crippen LogP contribution in [0.15, 0.2) is 53.7 Å². The van der Waals surface area contributed by atoms with Gasteiger partial charge >= 0.3 is 0 Å². The molecule has 2 aliphatic heterocycles. The number of oxazole rings is 1. The second-order valence-corrected chi connectivity index (χ2v) is 10.4. The molecule has 2 aliphatic rings. The fourth-order valence-electron chi connectivity index (χ4n) is 5.87. The third-order valence-corrected chi connectivity index (χ3v) is 7.67. The van der Waals surface area contributed by atoms with Crippen molar-refractivity contribution in [2.75, 3.05) is 32.6 Å². The van der Waals surface area contributed by atoms with Gasteiger partial charge in [0.1, 0.15) is 16.9 Å². The molecule has 0 bridgehead atoms. The van der Waals surface area contributed by atoms with Gasteiger partial charge in [-0.25, -0.2) is 14.5 Å². The Kier molecular flexibility index (Phi) is 5.79. The SMILES string of the molecule is CN(C)Cc1cc(Nc2ccc(-c3cnn4ccc5ocnc5c34)c3c2C(=O)NC3)ncc1C1CCOCC1. The van der Waals surface area contributed by atoms with Gasteiger partial charge < -0.3 is 24.7 Å². The zero-order chi connectivity index (χ0) is 26.5. The van der Waals surface area contributed by atoms with E-state index in [9.17, 15) is 4.79 Å². The van der Waals surface area contributed by atoms with Crippen LogP contribution in [0.1, 0.15) is 45.8 Å². The molecule has 10 nitrogen and oxygen atoms in total. The molecule has 0 radical (unpaired) electrons. The number of anilines is 2. The Labute approximate surface area is 225 Å². The third kappa shape index (κ3) is 4.12. The van der Waals surface area contributed by atoms with Crippen molar-refractivity contribution in [2.45, 2.75) is 31.8 Å². The summed E-state index contributed by atoms with van der Waals surface area (Å²) in [5, 5.41) is 11.0. The maximum absolute atomic E-state index is 13.1. The molecule has 1 saturated heterocycles. The van der Waals surface area contributed by atoms with E-state index in [2.05, 4.69) is 45.8 Å². The second-order valence-electron chi connectivity index (χ2n) is 10.4. The maximum Gasteiger partial charge on any atom is 0.254 e. The zero-order valence-electron chi connectivity index (χ0n) is 21.9. The van der Waals surface area contributed by atoms with Crippen molar-refractivity contribution >= 4 is 34.0 Å². The number of fused-ring (bicyclic) bond motifs is 4. The van der Waals surface area contributed by atoms with Gasteiger partial charge in [0.05, 0.1) is 17.4 Å². The monoisotopic (exact) mass is 523 g/mol. The van der Waals surface area contributed by atoms with Gasteiger partial charge in [0.15, 0.2) is 12.0 Å². The van der Waals surface area contributed by atoms with Crippen LogP contribution in [-0.2, 0) is 17.8 Å². The summed E-state index contributed by atoms with van der Waals surface area (Å²) in [5.41, 5.74) is 8.93. The van der Waals surface area contributed by atoms with Crippen LogP contribution in [0.5, 0.6) is 0 Å². The molecule has 7 rings (SSSR count). The summed E-state index contributed by atoms with van der Waals surface area (Å²) in [6.07, 6.45) is 9.12. The number of benzene rings is 1. The minimum Gasteiger partial charge on any atom is -0.443 e. The number of nitrogens with one attached hydrogen (secondary N) is 2. The summed E-state index contributed by atoms with van der Waals surface area (Å²) < 4.78 is 12.9. The quantitative estimate of drug-likeness (QED) is 0.335. The van der Waals surface area contributed by atoms with E-state index in [4.69, 9.17) is 14.1 Å². The summed E-state index contributed by atoms with van der Waals surface area (Å²) in [7, 11) is 4.15. The molecule has 198 valence electrons. The Bertz CT molecular complexity index is 1720. The predicted octanol–water partition coefficient (Wildman–Crippen LogP) is 4.48. The summed E-state index contributed by atoms with van der Waals surface area (Å²) in [5.74, 6) is 1.06. The number of hydrogen-bond acceptors (Lipinski definition) is 8. The van der Waals surface area contributed by atoms with Crippen LogP contribution in [0, 0.1) is 0 Å². The molecule has 0 unspecified atom stereocenters. The summed E-state index contributed by atoms with van der Waals surface area (Å²) in [6, 6.07) is 7.95. The number of carbonyl (C=O) groups is 1. The fourth-order valence-corrected chi connectivity index (χ4v) is 5.87. The molecule has 4 aromatic heterocycles. The van der Waals surface area contributed by atoms with Crippen LogP contribution in [-0.4, -0.2) is 57.7 Å². The average molecular weight is 524 g/mol. The fraction of sp³-hybridized carbons (Fsp3) is 0.310. The van der Waals surface area contributed by atoms with Crippen molar-refractivity contribution in [3.05, 3.63) is 71.5 Å². The normalized spacial score (nSPS) is 15.8. The lowest BCUT2D eigenvalue weighted by atomic mass is 9.89. The Morgan fingerprint density at radius 3 is 2.85 bits per heavy atom. The molecular weight excluding hydrogens is 494 g/mol. The number of carbonyl (C=O) groups excluding carboxylic acids is 1. The van der Waals surface area contributed by atoms with Gasteiger partial charge in [-0.05, 0) is 67.2 Å². The van der Waals surface area contributed by atoms with E-state index in [-0.39, 0.29) is 5.91 Å². The molecule has 1 aromatic carbocycles. The van der Waals surface area contributed by atoms with E-state index in [1.165, 1.54) is 17.5 Å². The highest BCUT2D eigenvalue weighted by molar-refractivity contribution is 6.08. The first-order valence-corrected chi connectivity index (χ1v) is 13.2. The number of amides is 1. The van der Waals surface area contributed by atoms with Crippen LogP contribution in [0.25, 0.3) is 27.7 Å². The molecular formula is C29H29N7O3. The first kappa shape index (κ1) is 23.8. The third-order valence-electron chi connectivity index (χ3n) is 7.67. The lowest BCUT2D eigenvalue weighted by Crippen LogP contribution is -2.19. The highest BCUT2D eigenvalue weighted by Crippen LogP contribution is 2.38. The van der Waals surface area contributed by atoms with Crippen LogP contribution in [0.2, 0.25) is 0 Å². The summed E-state index contributed by atoms with van der Waals surface area (Å²) in [4.78, 5) is 24.4. The molecule has 0 saturated carbocycles. The molecule has 10 heteroatoms. The molecule has 1 fully saturated rings. The van der Waals surface area contributed by atoms with Gasteiger partial charge in [-0.2, -0.15) is 5.10 Å². The standard InChI is InChI=1S/C29H29N7O3/c1-35(2)15-18-11-25(30-12-20(18)17-6-9-38-10-7-17)34-23-4-3-19(21-13-31-29(37)26(21)23)22-14-33-36-8-5-24-27(28(22)36)32-16-39-24/h3-5,8,11-12,14,16-17H,6-7,9-10,13,15H2,1-2H3,(H,30,34)(H,31,37). The van der Waals surface area contributed by atoms with Crippen LogP contribution in [0.4, 0.5) is 11.5 Å². The highest BCUT2D eigenvalue weighted by Gasteiger charge is 2.28. The number of nitrogens with zero attached hydrogens (tertiary/aromatic N) is 5. The van der Waals surface area contributed by atoms with E-state index in [0.717, 1.165) is 71.8 Å². The molecule has 5 aromatic rings. The minimum absolute atomic E-state index is 0.107. The highest BCUT2D eigenvalue weighted by atomic mass is 16.5. The largest absolute Gasteiger partial charge is 0.443 e. The van der Waals surface area contributed by atoms with Crippen molar-refractivity contribution in [2.24, 2.45) is 0 Å². The zero-order valence-corrected chi connectivity index (χ0v) is 21.9. The smallest absolute Gasteiger partial charge is 0.254 e. The lowest BCUT2D eigenvalue weighted by Gasteiger charge is -2.26. The van der Waals surface area contributed by atoms with E-state index in [0.29, 0.717) is 23.6 Å². The Balaban J connectivity index is 1.28. The number of hydrogen-bond donors (Lipinski definition) is 2.